The monoisotopic (exact) mass is 410 g/mol. The Morgan fingerprint density at radius 3 is 2.23 bits per heavy atom. The van der Waals surface area contributed by atoms with E-state index in [1.54, 1.807) is 12.3 Å². The molecule has 0 saturated carbocycles. The van der Waals surface area contributed by atoms with E-state index in [-0.39, 0.29) is 11.8 Å². The molecular weight excluding hydrogens is 384 g/mol. The first-order chi connectivity index (χ1) is 15.1. The van der Waals surface area contributed by atoms with Gasteiger partial charge in [0.2, 0.25) is 0 Å². The zero-order valence-corrected chi connectivity index (χ0v) is 17.5. The second-order valence-corrected chi connectivity index (χ2v) is 7.64. The molecule has 4 nitrogen and oxygen atoms in total. The highest BCUT2D eigenvalue weighted by atomic mass is 16.3. The van der Waals surface area contributed by atoms with Gasteiger partial charge >= 0.3 is 0 Å². The molecule has 0 bridgehead atoms. The normalized spacial score (nSPS) is 13.4. The van der Waals surface area contributed by atoms with Gasteiger partial charge in [0.15, 0.2) is 0 Å². The van der Waals surface area contributed by atoms with Gasteiger partial charge in [-0.3, -0.25) is 5.01 Å². The predicted octanol–water partition coefficient (Wildman–Crippen LogP) is 5.50. The van der Waals surface area contributed by atoms with Gasteiger partial charge < -0.3 is 10.2 Å². The molecule has 0 aliphatic rings. The van der Waals surface area contributed by atoms with Crippen LogP contribution in [0.4, 0.5) is 0 Å². The Bertz CT molecular complexity index is 1160. The van der Waals surface area contributed by atoms with E-state index in [1.807, 2.05) is 103 Å². The van der Waals surface area contributed by atoms with Crippen LogP contribution >= 0.6 is 0 Å². The van der Waals surface area contributed by atoms with Crippen molar-refractivity contribution >= 4 is 17.0 Å². The molecule has 156 valence electrons. The summed E-state index contributed by atoms with van der Waals surface area (Å²) in [5, 5.41) is 30.0. The molecule has 4 rings (SSSR count). The first-order valence-corrected chi connectivity index (χ1v) is 10.4. The lowest BCUT2D eigenvalue weighted by Crippen LogP contribution is -2.33. The number of hydrogen-bond acceptors (Lipinski definition) is 4. The standard InChI is InChI=1S/C27H26N2O2/c1-20(27(31)23-13-6-3-7-14-23)29(19-21-10-4-2-5-11-21)28-18-25-24-15-9-8-12-22(24)16-17-26(25)30/h2-18,20,27,30-31H,19H2,1H3/b28-18+/t20-,27+/m0/s1. The van der Waals surface area contributed by atoms with E-state index in [0.717, 1.165) is 21.9 Å². The van der Waals surface area contributed by atoms with Gasteiger partial charge in [-0.1, -0.05) is 91.0 Å². The number of aliphatic hydroxyl groups excluding tert-OH is 1. The zero-order chi connectivity index (χ0) is 21.6. The highest BCUT2D eigenvalue weighted by Crippen LogP contribution is 2.27. The summed E-state index contributed by atoms with van der Waals surface area (Å²) in [5.41, 5.74) is 2.60. The van der Waals surface area contributed by atoms with Crippen molar-refractivity contribution in [2.24, 2.45) is 5.10 Å². The van der Waals surface area contributed by atoms with Crippen molar-refractivity contribution in [1.82, 2.24) is 5.01 Å². The van der Waals surface area contributed by atoms with E-state index in [9.17, 15) is 10.2 Å². The minimum atomic E-state index is -0.705. The first kappa shape index (κ1) is 20.6. The van der Waals surface area contributed by atoms with Crippen molar-refractivity contribution in [3.63, 3.8) is 0 Å². The van der Waals surface area contributed by atoms with Gasteiger partial charge in [-0.25, -0.2) is 0 Å². The second kappa shape index (κ2) is 9.45. The van der Waals surface area contributed by atoms with Crippen molar-refractivity contribution in [3.8, 4) is 5.75 Å². The predicted molar refractivity (Wildman–Crippen MR) is 126 cm³/mol. The summed E-state index contributed by atoms with van der Waals surface area (Å²) < 4.78 is 0. The lowest BCUT2D eigenvalue weighted by molar-refractivity contribution is 0.0554. The molecule has 0 fully saturated rings. The summed E-state index contributed by atoms with van der Waals surface area (Å²) in [6.45, 7) is 2.49. The SMILES string of the molecule is C[C@@H]([C@@H](O)c1ccccc1)N(Cc1ccccc1)/N=C/c1c(O)ccc2ccccc12. The highest BCUT2D eigenvalue weighted by molar-refractivity contribution is 6.02. The van der Waals surface area contributed by atoms with Crippen molar-refractivity contribution in [3.05, 3.63) is 114 Å². The molecule has 4 aromatic carbocycles. The number of aliphatic hydroxyl groups is 1. The molecule has 0 aromatic heterocycles. The summed E-state index contributed by atoms with van der Waals surface area (Å²) in [6.07, 6.45) is 0.984. The lowest BCUT2D eigenvalue weighted by atomic mass is 10.0. The van der Waals surface area contributed by atoms with Crippen LogP contribution in [0.3, 0.4) is 0 Å². The highest BCUT2D eigenvalue weighted by Gasteiger charge is 2.22. The van der Waals surface area contributed by atoms with Crippen molar-refractivity contribution < 1.29 is 10.2 Å². The number of phenolic OH excluding ortho intramolecular Hbond substituents is 1. The van der Waals surface area contributed by atoms with E-state index < -0.39 is 6.10 Å². The average Bonchev–Trinajstić information content (AvgIpc) is 2.83. The molecule has 0 saturated heterocycles. The van der Waals surface area contributed by atoms with E-state index >= 15 is 0 Å². The van der Waals surface area contributed by atoms with Crippen LogP contribution < -0.4 is 0 Å². The number of aromatic hydroxyl groups is 1. The fraction of sp³-hybridized carbons (Fsp3) is 0.148. The second-order valence-electron chi connectivity index (χ2n) is 7.64. The van der Waals surface area contributed by atoms with Crippen LogP contribution in [-0.4, -0.2) is 27.5 Å². The summed E-state index contributed by atoms with van der Waals surface area (Å²) >= 11 is 0. The molecule has 4 heteroatoms. The zero-order valence-electron chi connectivity index (χ0n) is 17.5. The van der Waals surface area contributed by atoms with Gasteiger partial charge in [-0.05, 0) is 34.9 Å². The van der Waals surface area contributed by atoms with Gasteiger partial charge in [0.25, 0.3) is 0 Å². The maximum Gasteiger partial charge on any atom is 0.125 e. The Kier molecular flexibility index (Phi) is 6.29. The first-order valence-electron chi connectivity index (χ1n) is 10.4. The number of benzene rings is 4. The molecule has 2 N–H and O–H groups in total. The average molecular weight is 411 g/mol. The van der Waals surface area contributed by atoms with E-state index in [2.05, 4.69) is 0 Å². The van der Waals surface area contributed by atoms with Crippen molar-refractivity contribution in [1.29, 1.82) is 0 Å². The lowest BCUT2D eigenvalue weighted by Gasteiger charge is -2.30. The largest absolute Gasteiger partial charge is 0.507 e. The summed E-state index contributed by atoms with van der Waals surface area (Å²) in [6, 6.07) is 30.9. The van der Waals surface area contributed by atoms with Gasteiger partial charge in [0, 0.05) is 5.56 Å². The van der Waals surface area contributed by atoms with E-state index in [0.29, 0.717) is 12.1 Å². The number of nitrogens with zero attached hydrogens (tertiary/aromatic N) is 2. The van der Waals surface area contributed by atoms with Crippen LogP contribution in [0.15, 0.2) is 102 Å². The van der Waals surface area contributed by atoms with Crippen molar-refractivity contribution in [2.75, 3.05) is 0 Å². The number of rotatable bonds is 7. The molecule has 0 aliphatic heterocycles. The van der Waals surface area contributed by atoms with Crippen LogP contribution in [0.5, 0.6) is 5.75 Å². The number of hydrogen-bond donors (Lipinski definition) is 2. The third-order valence-corrected chi connectivity index (χ3v) is 5.54. The third-order valence-electron chi connectivity index (χ3n) is 5.54. The van der Waals surface area contributed by atoms with Crippen LogP contribution in [0, 0.1) is 0 Å². The molecule has 0 heterocycles. The molecule has 4 aromatic rings. The maximum atomic E-state index is 11.0. The molecule has 0 unspecified atom stereocenters. The van der Waals surface area contributed by atoms with E-state index in [1.165, 1.54) is 0 Å². The number of phenols is 1. The fourth-order valence-corrected chi connectivity index (χ4v) is 3.70. The minimum Gasteiger partial charge on any atom is -0.507 e. The van der Waals surface area contributed by atoms with Gasteiger partial charge in [0.05, 0.1) is 18.8 Å². The topological polar surface area (TPSA) is 56.1 Å². The maximum absolute atomic E-state index is 11.0. The van der Waals surface area contributed by atoms with Crippen LogP contribution in [-0.2, 0) is 6.54 Å². The van der Waals surface area contributed by atoms with Gasteiger partial charge in [-0.15, -0.1) is 0 Å². The third kappa shape index (κ3) is 4.76. The Balaban J connectivity index is 1.69. The fourth-order valence-electron chi connectivity index (χ4n) is 3.70. The molecular formula is C27H26N2O2. The molecule has 2 atom stereocenters. The quantitative estimate of drug-likeness (QED) is 0.312. The van der Waals surface area contributed by atoms with Gasteiger partial charge in [0.1, 0.15) is 11.9 Å². The molecule has 0 radical (unpaired) electrons. The van der Waals surface area contributed by atoms with Crippen molar-refractivity contribution in [2.45, 2.75) is 25.6 Å². The Morgan fingerprint density at radius 2 is 1.48 bits per heavy atom. The van der Waals surface area contributed by atoms with Crippen LogP contribution in [0.2, 0.25) is 0 Å². The summed E-state index contributed by atoms with van der Waals surface area (Å²) in [7, 11) is 0. The molecule has 0 spiro atoms. The molecule has 0 aliphatic carbocycles. The summed E-state index contributed by atoms with van der Waals surface area (Å²) in [5.74, 6) is 0.179. The minimum absolute atomic E-state index is 0.179. The molecule has 31 heavy (non-hydrogen) atoms. The Labute approximate surface area is 182 Å². The Hall–Kier alpha value is -3.63. The molecule has 0 amide bonds. The van der Waals surface area contributed by atoms with Crippen LogP contribution in [0.25, 0.3) is 10.8 Å². The number of fused-ring (bicyclic) bond motifs is 1. The van der Waals surface area contributed by atoms with E-state index in [4.69, 9.17) is 5.10 Å². The van der Waals surface area contributed by atoms with Crippen LogP contribution in [0.1, 0.15) is 29.7 Å². The number of hydrazone groups is 1. The summed E-state index contributed by atoms with van der Waals surface area (Å²) in [4.78, 5) is 0. The van der Waals surface area contributed by atoms with Gasteiger partial charge in [-0.2, -0.15) is 5.10 Å². The Morgan fingerprint density at radius 1 is 0.839 bits per heavy atom. The smallest absolute Gasteiger partial charge is 0.125 e.